The highest BCUT2D eigenvalue weighted by molar-refractivity contribution is 5.85. The van der Waals surface area contributed by atoms with E-state index in [1.807, 2.05) is 31.2 Å². The van der Waals surface area contributed by atoms with Gasteiger partial charge in [-0.15, -0.1) is 10.2 Å². The summed E-state index contributed by atoms with van der Waals surface area (Å²) in [5.74, 6) is -2.50. The van der Waals surface area contributed by atoms with Gasteiger partial charge in [0.15, 0.2) is 0 Å². The number of aromatic amines is 1. The SMILES string of the molecule is CCCCC(=O)N(Cc1ccc(-c2cc(-c3cc(F)cc(F)c3)ccc2-c2nn[nH]n2)cc1)C(C(=O)O)C(C)C. The van der Waals surface area contributed by atoms with Crippen LogP contribution in [0.4, 0.5) is 8.78 Å². The zero-order valence-electron chi connectivity index (χ0n) is 22.6. The lowest BCUT2D eigenvalue weighted by molar-refractivity contribution is -0.153. The molecule has 0 spiro atoms. The van der Waals surface area contributed by atoms with Crippen LogP contribution in [0.1, 0.15) is 45.6 Å². The molecule has 0 aliphatic carbocycles. The van der Waals surface area contributed by atoms with Crippen LogP contribution < -0.4 is 0 Å². The molecule has 0 bridgehead atoms. The van der Waals surface area contributed by atoms with E-state index >= 15 is 0 Å². The third kappa shape index (κ3) is 6.56. The molecule has 10 heteroatoms. The van der Waals surface area contributed by atoms with Gasteiger partial charge in [-0.1, -0.05) is 57.5 Å². The average Bonchev–Trinajstić information content (AvgIpc) is 3.45. The molecule has 1 heterocycles. The van der Waals surface area contributed by atoms with Crippen LogP contribution in [-0.2, 0) is 16.1 Å². The van der Waals surface area contributed by atoms with Crippen LogP contribution in [0, 0.1) is 17.6 Å². The second-order valence-corrected chi connectivity index (χ2v) is 10.0. The maximum absolute atomic E-state index is 13.9. The number of halogens is 2. The lowest BCUT2D eigenvalue weighted by atomic mass is 9.93. The Kier molecular flexibility index (Phi) is 8.98. The van der Waals surface area contributed by atoms with Gasteiger partial charge in [-0.3, -0.25) is 4.79 Å². The number of nitrogens with one attached hydrogen (secondary N) is 1. The first-order chi connectivity index (χ1) is 19.2. The molecule has 0 radical (unpaired) electrons. The van der Waals surface area contributed by atoms with Gasteiger partial charge in [0, 0.05) is 24.6 Å². The number of tetrazole rings is 1. The third-order valence-corrected chi connectivity index (χ3v) is 6.70. The first-order valence-electron chi connectivity index (χ1n) is 13.1. The summed E-state index contributed by atoms with van der Waals surface area (Å²) in [6.45, 7) is 5.71. The van der Waals surface area contributed by atoms with Crippen LogP contribution in [0.5, 0.6) is 0 Å². The molecular weight excluding hydrogens is 516 g/mol. The van der Waals surface area contributed by atoms with E-state index in [0.717, 1.165) is 23.6 Å². The first kappa shape index (κ1) is 28.5. The van der Waals surface area contributed by atoms with Crippen molar-refractivity contribution in [3.05, 3.63) is 77.9 Å². The lowest BCUT2D eigenvalue weighted by Crippen LogP contribution is -2.47. The minimum Gasteiger partial charge on any atom is -0.480 e. The van der Waals surface area contributed by atoms with Gasteiger partial charge in [-0.05, 0) is 69.6 Å². The van der Waals surface area contributed by atoms with Gasteiger partial charge in [-0.2, -0.15) is 5.21 Å². The molecule has 2 N–H and O–H groups in total. The largest absolute Gasteiger partial charge is 0.480 e. The van der Waals surface area contributed by atoms with Gasteiger partial charge < -0.3 is 10.0 Å². The molecule has 0 saturated heterocycles. The predicted octanol–water partition coefficient (Wildman–Crippen LogP) is 6.11. The van der Waals surface area contributed by atoms with Crippen LogP contribution in [0.2, 0.25) is 0 Å². The van der Waals surface area contributed by atoms with Gasteiger partial charge >= 0.3 is 5.97 Å². The number of hydrogen-bond donors (Lipinski definition) is 2. The van der Waals surface area contributed by atoms with Crippen molar-refractivity contribution >= 4 is 11.9 Å². The number of H-pyrrole nitrogens is 1. The molecule has 1 unspecified atom stereocenters. The topological polar surface area (TPSA) is 112 Å². The number of carboxylic acids is 1. The molecule has 40 heavy (non-hydrogen) atoms. The lowest BCUT2D eigenvalue weighted by Gasteiger charge is -2.32. The van der Waals surface area contributed by atoms with Crippen LogP contribution in [0.3, 0.4) is 0 Å². The number of unbranched alkanes of at least 4 members (excludes halogenated alkanes) is 1. The Bertz CT molecular complexity index is 1450. The van der Waals surface area contributed by atoms with Crippen LogP contribution in [0.15, 0.2) is 60.7 Å². The quantitative estimate of drug-likeness (QED) is 0.234. The van der Waals surface area contributed by atoms with Gasteiger partial charge in [0.05, 0.1) is 0 Å². The second-order valence-electron chi connectivity index (χ2n) is 10.0. The number of nitrogens with zero attached hydrogens (tertiary/aromatic N) is 4. The molecule has 0 aliphatic rings. The van der Waals surface area contributed by atoms with Crippen molar-refractivity contribution < 1.29 is 23.5 Å². The first-order valence-corrected chi connectivity index (χ1v) is 13.1. The Morgan fingerprint density at radius 2 is 1.60 bits per heavy atom. The molecule has 0 saturated carbocycles. The van der Waals surface area contributed by atoms with E-state index in [4.69, 9.17) is 0 Å². The Balaban J connectivity index is 1.71. The Labute approximate surface area is 231 Å². The van der Waals surface area contributed by atoms with Gasteiger partial charge in [0.1, 0.15) is 17.7 Å². The molecule has 1 amide bonds. The fraction of sp³-hybridized carbons (Fsp3) is 0.300. The number of aliphatic carboxylic acids is 1. The summed E-state index contributed by atoms with van der Waals surface area (Å²) in [5.41, 5.74) is 3.87. The summed E-state index contributed by atoms with van der Waals surface area (Å²) < 4.78 is 27.9. The monoisotopic (exact) mass is 547 g/mol. The van der Waals surface area contributed by atoms with Crippen LogP contribution in [-0.4, -0.2) is 48.5 Å². The second kappa shape index (κ2) is 12.6. The van der Waals surface area contributed by atoms with Crippen LogP contribution in [0.25, 0.3) is 33.6 Å². The van der Waals surface area contributed by atoms with E-state index in [0.29, 0.717) is 34.5 Å². The standard InChI is InChI=1S/C30H31F2N5O3/c1-4-5-6-27(38)37(28(18(2)3)30(39)40)17-19-7-9-20(10-8-19)26-15-21(22-13-23(31)16-24(32)14-22)11-12-25(26)29-33-35-36-34-29/h7-16,18,28H,4-6,17H2,1-3H3,(H,39,40)(H,33,34,35,36). The Morgan fingerprint density at radius 1 is 0.925 bits per heavy atom. The molecule has 8 nitrogen and oxygen atoms in total. The van der Waals surface area contributed by atoms with Crippen LogP contribution >= 0.6 is 0 Å². The molecule has 4 rings (SSSR count). The number of benzene rings is 3. The Morgan fingerprint density at radius 3 is 2.17 bits per heavy atom. The fourth-order valence-electron chi connectivity index (χ4n) is 4.73. The molecule has 0 aliphatic heterocycles. The summed E-state index contributed by atoms with van der Waals surface area (Å²) in [4.78, 5) is 26.5. The van der Waals surface area contributed by atoms with Gasteiger partial charge in [0.25, 0.3) is 0 Å². The van der Waals surface area contributed by atoms with Crippen molar-refractivity contribution in [1.82, 2.24) is 25.5 Å². The minimum absolute atomic E-state index is 0.151. The molecule has 3 aromatic carbocycles. The maximum Gasteiger partial charge on any atom is 0.326 e. The highest BCUT2D eigenvalue weighted by Gasteiger charge is 2.32. The number of aromatic nitrogens is 4. The van der Waals surface area contributed by atoms with E-state index in [9.17, 15) is 23.5 Å². The highest BCUT2D eigenvalue weighted by atomic mass is 19.1. The summed E-state index contributed by atoms with van der Waals surface area (Å²) in [6, 6.07) is 15.1. The van der Waals surface area contributed by atoms with E-state index in [1.54, 1.807) is 32.0 Å². The molecule has 4 aromatic rings. The smallest absolute Gasteiger partial charge is 0.326 e. The molecule has 1 aromatic heterocycles. The maximum atomic E-state index is 13.9. The number of carboxylic acid groups (broad SMARTS) is 1. The van der Waals surface area contributed by atoms with E-state index in [2.05, 4.69) is 20.6 Å². The van der Waals surface area contributed by atoms with Crippen molar-refractivity contribution in [3.8, 4) is 33.6 Å². The molecule has 0 fully saturated rings. The zero-order chi connectivity index (χ0) is 28.8. The van der Waals surface area contributed by atoms with Gasteiger partial charge in [0.2, 0.25) is 11.7 Å². The van der Waals surface area contributed by atoms with Crippen molar-refractivity contribution in [1.29, 1.82) is 0 Å². The summed E-state index contributed by atoms with van der Waals surface area (Å²) in [7, 11) is 0. The van der Waals surface area contributed by atoms with E-state index < -0.39 is 23.6 Å². The number of rotatable bonds is 11. The number of amides is 1. The summed E-state index contributed by atoms with van der Waals surface area (Å²) in [5, 5.41) is 24.1. The average molecular weight is 548 g/mol. The van der Waals surface area contributed by atoms with Crippen molar-refractivity contribution in [2.75, 3.05) is 0 Å². The van der Waals surface area contributed by atoms with Crippen molar-refractivity contribution in [2.45, 2.75) is 52.6 Å². The molecule has 208 valence electrons. The van der Waals surface area contributed by atoms with Crippen molar-refractivity contribution in [2.24, 2.45) is 5.92 Å². The zero-order valence-corrected chi connectivity index (χ0v) is 22.6. The fourth-order valence-corrected chi connectivity index (χ4v) is 4.73. The third-order valence-electron chi connectivity index (χ3n) is 6.70. The Hall–Kier alpha value is -4.47. The van der Waals surface area contributed by atoms with E-state index in [-0.39, 0.29) is 24.8 Å². The minimum atomic E-state index is -1.04. The molecule has 1 atom stereocenters. The number of carbonyl (C=O) groups excluding carboxylic acids is 1. The number of hydrogen-bond acceptors (Lipinski definition) is 5. The van der Waals surface area contributed by atoms with Crippen molar-refractivity contribution in [3.63, 3.8) is 0 Å². The molecular formula is C30H31F2N5O3. The normalized spacial score (nSPS) is 11.9. The highest BCUT2D eigenvalue weighted by Crippen LogP contribution is 2.35. The predicted molar refractivity (Wildman–Crippen MR) is 147 cm³/mol. The summed E-state index contributed by atoms with van der Waals surface area (Å²) in [6.07, 6.45) is 1.80. The number of carbonyl (C=O) groups is 2. The summed E-state index contributed by atoms with van der Waals surface area (Å²) >= 11 is 0. The van der Waals surface area contributed by atoms with Gasteiger partial charge in [-0.25, -0.2) is 13.6 Å². The van der Waals surface area contributed by atoms with E-state index in [1.165, 1.54) is 17.0 Å².